The fraction of sp³-hybridized carbons (Fsp3) is 0.206. The number of carbonyl (C=O) groups excluding carboxylic acids is 2. The van der Waals surface area contributed by atoms with Crippen molar-refractivity contribution in [2.75, 3.05) is 0 Å². The summed E-state index contributed by atoms with van der Waals surface area (Å²) in [5.41, 5.74) is 16.4. The minimum atomic E-state index is -4.06. The number of aliphatic carboxylic acids is 1. The predicted molar refractivity (Wildman–Crippen MR) is 503 cm³/mol. The quantitative estimate of drug-likeness (QED) is 0.0302. The van der Waals surface area contributed by atoms with Crippen LogP contribution in [-0.2, 0) is 97.2 Å². The number of rotatable bonds is 21. The van der Waals surface area contributed by atoms with Crippen LogP contribution in [0.3, 0.4) is 0 Å². The molecular formula is C102H99N5O22S5. The Labute approximate surface area is 778 Å². The molecule has 9 N–H and O–H groups in total. The number of aldehydes is 1. The summed E-state index contributed by atoms with van der Waals surface area (Å²) >= 11 is 0. The van der Waals surface area contributed by atoms with Crippen LogP contribution in [0.15, 0.2) is 304 Å². The largest absolute Gasteiger partial charge is 0.508 e. The van der Waals surface area contributed by atoms with Crippen molar-refractivity contribution in [3.05, 3.63) is 374 Å². The molecular weight excluding hydrogens is 1810 g/mol. The van der Waals surface area contributed by atoms with Gasteiger partial charge >= 0.3 is 5.97 Å². The first kappa shape index (κ1) is 96.7. The third-order valence-electron chi connectivity index (χ3n) is 24.0. The number of aryl methyl sites for hydroxylation is 5. The van der Waals surface area contributed by atoms with Gasteiger partial charge in [-0.05, 0) is 227 Å². The highest BCUT2D eigenvalue weighted by Gasteiger charge is 2.46. The summed E-state index contributed by atoms with van der Waals surface area (Å²) in [6.07, 6.45) is 1.66. The van der Waals surface area contributed by atoms with Gasteiger partial charge in [0.25, 0.3) is 0 Å². The van der Waals surface area contributed by atoms with Gasteiger partial charge in [-0.2, -0.15) is 21.5 Å². The Morgan fingerprint density at radius 1 is 0.313 bits per heavy atom. The Kier molecular flexibility index (Phi) is 28.7. The third kappa shape index (κ3) is 20.4. The van der Waals surface area contributed by atoms with Crippen molar-refractivity contribution in [3.8, 4) is 57.1 Å². The molecule has 13 aromatic carbocycles. The topological polar surface area (TPSA) is 420 Å². The van der Waals surface area contributed by atoms with Crippen LogP contribution in [0.5, 0.6) is 46.0 Å². The molecule has 0 fully saturated rings. The van der Waals surface area contributed by atoms with E-state index in [4.69, 9.17) is 5.11 Å². The molecule has 18 rings (SSSR count). The van der Waals surface area contributed by atoms with Gasteiger partial charge in [-0.3, -0.25) is 9.59 Å². The molecule has 5 atom stereocenters. The number of aromatic hydroxyl groups is 8. The highest BCUT2D eigenvalue weighted by atomic mass is 32.2. The van der Waals surface area contributed by atoms with E-state index in [-0.39, 0.29) is 129 Å². The first-order chi connectivity index (χ1) is 63.7. The van der Waals surface area contributed by atoms with Gasteiger partial charge < -0.3 is 50.8 Å². The van der Waals surface area contributed by atoms with Crippen LogP contribution in [-0.4, -0.2) is 128 Å². The minimum absolute atomic E-state index is 0.0787. The summed E-state index contributed by atoms with van der Waals surface area (Å²) in [5.74, 6) is -3.16. The molecule has 0 spiro atoms. The summed E-state index contributed by atoms with van der Waals surface area (Å²) in [5, 5.41) is 89.3. The molecule has 134 heavy (non-hydrogen) atoms. The van der Waals surface area contributed by atoms with E-state index in [2.05, 4.69) is 24.3 Å². The number of sulfonamides is 5. The van der Waals surface area contributed by atoms with Crippen LogP contribution in [0.4, 0.5) is 0 Å². The predicted octanol–water partition coefficient (Wildman–Crippen LogP) is 17.4. The van der Waals surface area contributed by atoms with Gasteiger partial charge in [-0.25, -0.2) is 42.1 Å². The first-order valence-electron chi connectivity index (χ1n) is 42.7. The standard InChI is InChI=1S/C27H23NO4S.C21H19NO5S.C18H19NO5S.2C18H19NO4S/c1-18-6-8-19(9-7-18)20-10-12-21(13-11-20)27-24-5-3-2-4-22(24)17-28(27)33(31,32)26-15-14-23(29)16-25(26)30;1-13-6-7-20(19(25)8-13)28(26,27)22-12-14-4-2-3-5-18(14)21(22)15-9-16(23)11-17(24)10-15;1-12-6-8-17(16(20)10-12)25(23,24)19-11-13-4-2-3-5-14(13)15(19)7-9-18(21)22;1-12-7-8-18(17(21)9-12)24(22,23)19-11-14-5-3-4-6-15(14)16(19)10-13(2)20;1-13-8-9-18(17(21)11-13)24(22,23)19-12-14-5-2-3-6-15(14)16(19)7-4-10-20/h2-16,27,29-30H,17H2,1H3;2-11,21,23-25H,12H2,1H3;2-6,8,10,15,20H,7,9,11H2,1H3,(H,21,22);3-9,16,21H,10-11H2,1-2H3;2-3,5-6,8-11,16,21H,4,7,12H2,1H3. The maximum absolute atomic E-state index is 13.6. The summed E-state index contributed by atoms with van der Waals surface area (Å²) in [4.78, 5) is 32.6. The number of carboxylic acids is 1. The zero-order chi connectivity index (χ0) is 96.2. The molecule has 0 amide bonds. The second-order valence-electron chi connectivity index (χ2n) is 33.5. The van der Waals surface area contributed by atoms with Crippen molar-refractivity contribution >= 4 is 68.2 Å². The van der Waals surface area contributed by atoms with Crippen LogP contribution in [0, 0.1) is 34.6 Å². The Bertz CT molecular complexity index is 7270. The van der Waals surface area contributed by atoms with Gasteiger partial charge in [0.1, 0.15) is 82.5 Å². The molecule has 5 aliphatic heterocycles. The molecule has 32 heteroatoms. The van der Waals surface area contributed by atoms with E-state index in [1.165, 1.54) is 113 Å². The minimum Gasteiger partial charge on any atom is -0.508 e. The van der Waals surface area contributed by atoms with Crippen molar-refractivity contribution in [3.63, 3.8) is 0 Å². The lowest BCUT2D eigenvalue weighted by molar-refractivity contribution is -0.137. The van der Waals surface area contributed by atoms with Crippen LogP contribution in [0.1, 0.15) is 164 Å². The molecule has 694 valence electrons. The lowest BCUT2D eigenvalue weighted by atomic mass is 9.96. The highest BCUT2D eigenvalue weighted by Crippen LogP contribution is 2.50. The maximum atomic E-state index is 13.6. The molecule has 0 aromatic heterocycles. The number of ketones is 1. The van der Waals surface area contributed by atoms with E-state index in [1.54, 1.807) is 52.0 Å². The number of hydrogen-bond donors (Lipinski definition) is 9. The van der Waals surface area contributed by atoms with Gasteiger partial charge in [0, 0.05) is 64.1 Å². The fourth-order valence-corrected chi connectivity index (χ4v) is 25.9. The smallest absolute Gasteiger partial charge is 0.303 e. The molecule has 5 heterocycles. The van der Waals surface area contributed by atoms with Crippen molar-refractivity contribution < 1.29 is 102 Å². The maximum Gasteiger partial charge on any atom is 0.303 e. The average Bonchev–Trinajstić information content (AvgIpc) is 1.66. The van der Waals surface area contributed by atoms with Crippen molar-refractivity contribution in [2.45, 2.75) is 161 Å². The number of nitrogens with zero attached hydrogens (tertiary/aromatic N) is 5. The number of carboxylic acid groups (broad SMARTS) is 1. The van der Waals surface area contributed by atoms with E-state index in [9.17, 15) is 97.3 Å². The lowest BCUT2D eigenvalue weighted by Gasteiger charge is -2.26. The Hall–Kier alpha value is -13.4. The monoisotopic (exact) mass is 1910 g/mol. The number of phenols is 8. The van der Waals surface area contributed by atoms with Gasteiger partial charge in [0.05, 0.1) is 30.2 Å². The van der Waals surface area contributed by atoms with Crippen LogP contribution < -0.4 is 0 Å². The van der Waals surface area contributed by atoms with Crippen molar-refractivity contribution in [2.24, 2.45) is 0 Å². The molecule has 0 saturated carbocycles. The second-order valence-corrected chi connectivity index (χ2v) is 42.8. The van der Waals surface area contributed by atoms with Crippen LogP contribution in [0.2, 0.25) is 0 Å². The van der Waals surface area contributed by atoms with Gasteiger partial charge in [-0.1, -0.05) is 200 Å². The van der Waals surface area contributed by atoms with E-state index in [1.807, 2.05) is 153 Å². The fourth-order valence-electron chi connectivity index (χ4n) is 17.6. The molecule has 0 saturated heterocycles. The van der Waals surface area contributed by atoms with E-state index in [0.29, 0.717) is 12.0 Å². The number of carbonyl (C=O) groups is 3. The second kappa shape index (κ2) is 39.8. The van der Waals surface area contributed by atoms with Crippen molar-refractivity contribution in [1.82, 2.24) is 21.5 Å². The average molecular weight is 1910 g/mol. The Balaban J connectivity index is 0.000000135. The number of Topliss-reactive ketones (excluding diaryl/α,β-unsaturated/α-hetero) is 1. The number of benzene rings is 13. The highest BCUT2D eigenvalue weighted by molar-refractivity contribution is 7.90. The Morgan fingerprint density at radius 3 is 0.955 bits per heavy atom. The number of hydrogen-bond acceptors (Lipinski definition) is 21. The first-order valence-corrected chi connectivity index (χ1v) is 49.9. The summed E-state index contributed by atoms with van der Waals surface area (Å²) in [7, 11) is -19.8. The van der Waals surface area contributed by atoms with E-state index in [0.717, 1.165) is 107 Å². The van der Waals surface area contributed by atoms with Gasteiger partial charge in [0.2, 0.25) is 50.1 Å². The van der Waals surface area contributed by atoms with E-state index >= 15 is 0 Å². The molecule has 0 radical (unpaired) electrons. The van der Waals surface area contributed by atoms with Gasteiger partial charge in [0.15, 0.2) is 0 Å². The molecule has 0 aliphatic carbocycles. The zero-order valence-electron chi connectivity index (χ0n) is 73.7. The van der Waals surface area contributed by atoms with Crippen molar-refractivity contribution in [1.29, 1.82) is 0 Å². The molecule has 5 aliphatic rings. The molecule has 13 aromatic rings. The summed E-state index contributed by atoms with van der Waals surface area (Å²) < 4.78 is 139. The number of phenolic OH excluding ortho intramolecular Hbond substituents is 8. The summed E-state index contributed by atoms with van der Waals surface area (Å²) in [6.45, 7) is 11.5. The van der Waals surface area contributed by atoms with E-state index < -0.39 is 92.0 Å². The molecule has 5 unspecified atom stereocenters. The zero-order valence-corrected chi connectivity index (χ0v) is 77.8. The lowest BCUT2D eigenvalue weighted by Crippen LogP contribution is -2.30. The Morgan fingerprint density at radius 2 is 0.604 bits per heavy atom. The third-order valence-corrected chi connectivity index (χ3v) is 33.5. The van der Waals surface area contributed by atoms with Crippen LogP contribution >= 0.6 is 0 Å². The summed E-state index contributed by atoms with van der Waals surface area (Å²) in [6, 6.07) is 76.1. The van der Waals surface area contributed by atoms with Gasteiger partial charge in [-0.15, -0.1) is 0 Å². The molecule has 0 bridgehead atoms. The SMILES string of the molecule is CC(=O)CC1c2ccccc2CN1S(=O)(=O)c1ccc(C)cc1O.Cc1ccc(-c2ccc(C3c4ccccc4CN3S(=O)(=O)c3ccc(O)cc3O)cc2)cc1.Cc1ccc(S(=O)(=O)N2Cc3ccccc3C2CCC(=O)O)c(O)c1.Cc1ccc(S(=O)(=O)N2Cc3ccccc3C2CCC=O)c(O)c1.Cc1ccc(S(=O)(=O)N2Cc3ccccc3C2c2cc(O)cc(O)c2)c(O)c1. The normalized spacial score (nSPS) is 17.0. The van der Waals surface area contributed by atoms with Crippen LogP contribution in [0.25, 0.3) is 11.1 Å². The molecule has 27 nitrogen and oxygen atoms in total. The number of fused-ring (bicyclic) bond motifs is 5.